The van der Waals surface area contributed by atoms with Gasteiger partial charge >= 0.3 is 0 Å². The van der Waals surface area contributed by atoms with Crippen LogP contribution in [0.1, 0.15) is 57.1 Å². The molecular weight excluding hydrogens is 619 g/mol. The van der Waals surface area contributed by atoms with Crippen LogP contribution < -0.4 is 26.0 Å². The van der Waals surface area contributed by atoms with Crippen molar-refractivity contribution < 1.29 is 33.1 Å². The van der Waals surface area contributed by atoms with Crippen LogP contribution in [0.25, 0.3) is 10.9 Å². The first kappa shape index (κ1) is 35.9. The molecule has 0 unspecified atom stereocenters. The molecule has 1 aliphatic heterocycles. The molecule has 5 amide bonds. The van der Waals surface area contributed by atoms with Crippen LogP contribution in [0.3, 0.4) is 0 Å². The van der Waals surface area contributed by atoms with Crippen molar-refractivity contribution in [3.8, 4) is 5.75 Å². The monoisotopic (exact) mass is 664 g/mol. The lowest BCUT2D eigenvalue weighted by Gasteiger charge is -2.31. The Bertz CT molecular complexity index is 1640. The molecule has 48 heavy (non-hydrogen) atoms. The number of nitrogens with zero attached hydrogens (tertiary/aromatic N) is 1. The van der Waals surface area contributed by atoms with E-state index in [2.05, 4.69) is 26.3 Å². The summed E-state index contributed by atoms with van der Waals surface area (Å²) in [5.74, 6) is -2.80. The molecule has 2 aromatic carbocycles. The number of amides is 5. The molecule has 1 aliphatic rings. The van der Waals surface area contributed by atoms with Crippen LogP contribution in [-0.2, 0) is 25.6 Å². The average Bonchev–Trinajstić information content (AvgIpc) is 3.45. The highest BCUT2D eigenvalue weighted by atomic mass is 19.1. The van der Waals surface area contributed by atoms with Crippen LogP contribution in [0.2, 0.25) is 0 Å². The largest absolute Gasteiger partial charge is 0.497 e. The minimum Gasteiger partial charge on any atom is -0.497 e. The summed E-state index contributed by atoms with van der Waals surface area (Å²) in [6, 6.07) is 8.96. The minimum atomic E-state index is -1.07. The number of aromatic nitrogens is 1. The fourth-order valence-corrected chi connectivity index (χ4v) is 5.55. The minimum absolute atomic E-state index is 0.00589. The Labute approximate surface area is 279 Å². The van der Waals surface area contributed by atoms with Gasteiger partial charge in [0.25, 0.3) is 5.91 Å². The third kappa shape index (κ3) is 9.33. The molecule has 0 saturated carbocycles. The van der Waals surface area contributed by atoms with Crippen molar-refractivity contribution in [2.24, 2.45) is 11.8 Å². The van der Waals surface area contributed by atoms with Crippen molar-refractivity contribution in [3.05, 3.63) is 65.6 Å². The highest BCUT2D eigenvalue weighted by Gasteiger charge is 2.33. The molecule has 5 N–H and O–H groups in total. The summed E-state index contributed by atoms with van der Waals surface area (Å²) in [5, 5.41) is 11.7. The molecular formula is C35H45FN6O6. The molecule has 0 bridgehead atoms. The van der Waals surface area contributed by atoms with Crippen LogP contribution in [-0.4, -0.2) is 83.8 Å². The van der Waals surface area contributed by atoms with Crippen LogP contribution in [0.15, 0.2) is 48.5 Å². The third-order valence-corrected chi connectivity index (χ3v) is 8.33. The number of benzene rings is 2. The van der Waals surface area contributed by atoms with Crippen LogP contribution in [0.5, 0.6) is 5.75 Å². The van der Waals surface area contributed by atoms with Gasteiger partial charge in [-0.15, -0.1) is 0 Å². The molecule has 4 rings (SSSR count). The Balaban J connectivity index is 1.68. The van der Waals surface area contributed by atoms with E-state index in [4.69, 9.17) is 4.74 Å². The average molecular weight is 665 g/mol. The quantitative estimate of drug-likeness (QED) is 0.261. The molecule has 3 aromatic rings. The Kier molecular flexibility index (Phi) is 11.8. The molecule has 0 aliphatic carbocycles. The maximum atomic E-state index is 13.9. The van der Waals surface area contributed by atoms with E-state index in [1.807, 2.05) is 27.7 Å². The van der Waals surface area contributed by atoms with E-state index in [0.717, 1.165) is 5.56 Å². The first-order valence-electron chi connectivity index (χ1n) is 16.1. The molecule has 1 saturated heterocycles. The van der Waals surface area contributed by atoms with Crippen molar-refractivity contribution in [1.29, 1.82) is 0 Å². The summed E-state index contributed by atoms with van der Waals surface area (Å²) < 4.78 is 19.1. The standard InChI is InChI=1S/C35H45FN6O6/c1-19(2)13-27-34(46)40-28(14-22-7-10-25(48-6)11-8-22)33(45)37-21(5)32(44)41-30(20(3)4)17-42(18-31(43)39-27)35(47)29-16-23-15-24(36)9-12-26(23)38-29/h7-12,15-16,19-21,27-28,30,38H,13-14,17-18H2,1-6H3,(H,37,45)(H,39,43)(H,40,46)(H,41,44)/t21-,27+,28+,30-/m1/s1. The van der Waals surface area contributed by atoms with E-state index in [1.165, 1.54) is 36.1 Å². The van der Waals surface area contributed by atoms with Gasteiger partial charge in [-0.3, -0.25) is 24.0 Å². The zero-order chi connectivity index (χ0) is 35.1. The summed E-state index contributed by atoms with van der Waals surface area (Å²) in [5.41, 5.74) is 1.41. The van der Waals surface area contributed by atoms with Crippen molar-refractivity contribution in [3.63, 3.8) is 0 Å². The summed E-state index contributed by atoms with van der Waals surface area (Å²) in [4.78, 5) is 72.5. The number of carbonyl (C=O) groups is 5. The normalized spacial score (nSPS) is 21.6. The number of fused-ring (bicyclic) bond motifs is 1. The van der Waals surface area contributed by atoms with Gasteiger partial charge in [0.1, 0.15) is 35.4 Å². The number of H-pyrrole nitrogens is 1. The SMILES string of the molecule is COc1ccc(C[C@@H]2NC(=O)[C@H](CC(C)C)NC(=O)CN(C(=O)c3cc4cc(F)ccc4[nH]3)C[C@H](C(C)C)NC(=O)[C@@H](C)NC2=O)cc1. The van der Waals surface area contributed by atoms with Gasteiger partial charge in [0, 0.05) is 29.9 Å². The summed E-state index contributed by atoms with van der Waals surface area (Å²) >= 11 is 0. The molecule has 13 heteroatoms. The third-order valence-electron chi connectivity index (χ3n) is 8.33. The molecule has 0 radical (unpaired) electrons. The number of hydrogen-bond donors (Lipinski definition) is 5. The van der Waals surface area contributed by atoms with Crippen LogP contribution in [0, 0.1) is 17.7 Å². The maximum Gasteiger partial charge on any atom is 0.270 e. The first-order chi connectivity index (χ1) is 22.7. The molecule has 1 fully saturated rings. The second-order valence-corrected chi connectivity index (χ2v) is 13.1. The number of aromatic amines is 1. The Morgan fingerprint density at radius 2 is 1.58 bits per heavy atom. The summed E-state index contributed by atoms with van der Waals surface area (Å²) in [6.45, 7) is 8.58. The van der Waals surface area contributed by atoms with Gasteiger partial charge in [-0.05, 0) is 67.1 Å². The molecule has 4 atom stereocenters. The molecule has 2 heterocycles. The Morgan fingerprint density at radius 1 is 0.896 bits per heavy atom. The van der Waals surface area contributed by atoms with E-state index in [1.54, 1.807) is 31.4 Å². The number of nitrogens with one attached hydrogen (secondary N) is 5. The Hall–Kier alpha value is -4.94. The number of rotatable bonds is 7. The van der Waals surface area contributed by atoms with Crippen molar-refractivity contribution >= 4 is 40.4 Å². The van der Waals surface area contributed by atoms with Crippen molar-refractivity contribution in [2.45, 2.75) is 71.6 Å². The smallest absolute Gasteiger partial charge is 0.270 e. The maximum absolute atomic E-state index is 13.9. The van der Waals surface area contributed by atoms with E-state index in [0.29, 0.717) is 16.7 Å². The highest BCUT2D eigenvalue weighted by Crippen LogP contribution is 2.19. The predicted molar refractivity (Wildman–Crippen MR) is 179 cm³/mol. The van der Waals surface area contributed by atoms with Gasteiger partial charge < -0.3 is 35.9 Å². The lowest BCUT2D eigenvalue weighted by atomic mass is 10.0. The number of halogens is 1. The first-order valence-corrected chi connectivity index (χ1v) is 16.1. The highest BCUT2D eigenvalue weighted by molar-refractivity contribution is 6.00. The second-order valence-electron chi connectivity index (χ2n) is 13.1. The van der Waals surface area contributed by atoms with Crippen molar-refractivity contribution in [2.75, 3.05) is 20.2 Å². The summed E-state index contributed by atoms with van der Waals surface area (Å²) in [6.07, 6.45) is 0.380. The molecule has 12 nitrogen and oxygen atoms in total. The van der Waals surface area contributed by atoms with Crippen molar-refractivity contribution in [1.82, 2.24) is 31.2 Å². The summed E-state index contributed by atoms with van der Waals surface area (Å²) in [7, 11) is 1.54. The van der Waals surface area contributed by atoms with E-state index in [-0.39, 0.29) is 36.9 Å². The number of hydrogen-bond acceptors (Lipinski definition) is 6. The van der Waals surface area contributed by atoms with Gasteiger partial charge in [-0.2, -0.15) is 0 Å². The molecule has 0 spiro atoms. The lowest BCUT2D eigenvalue weighted by molar-refractivity contribution is -0.133. The van der Waals surface area contributed by atoms with Crippen LogP contribution in [0.4, 0.5) is 4.39 Å². The van der Waals surface area contributed by atoms with Crippen LogP contribution >= 0.6 is 0 Å². The van der Waals surface area contributed by atoms with E-state index in [9.17, 15) is 28.4 Å². The fraction of sp³-hybridized carbons (Fsp3) is 0.457. The van der Waals surface area contributed by atoms with Gasteiger partial charge in [-0.25, -0.2) is 4.39 Å². The topological polar surface area (TPSA) is 162 Å². The zero-order valence-corrected chi connectivity index (χ0v) is 28.2. The van der Waals surface area contributed by atoms with Gasteiger partial charge in [0.05, 0.1) is 13.7 Å². The zero-order valence-electron chi connectivity index (χ0n) is 28.2. The number of carbonyl (C=O) groups excluding carboxylic acids is 5. The van der Waals surface area contributed by atoms with Gasteiger partial charge in [-0.1, -0.05) is 39.8 Å². The van der Waals surface area contributed by atoms with E-state index >= 15 is 0 Å². The molecule has 1 aromatic heterocycles. The molecule has 258 valence electrons. The fourth-order valence-electron chi connectivity index (χ4n) is 5.55. The Morgan fingerprint density at radius 3 is 2.23 bits per heavy atom. The number of ether oxygens (including phenoxy) is 1. The van der Waals surface area contributed by atoms with Gasteiger partial charge in [0.15, 0.2) is 0 Å². The van der Waals surface area contributed by atoms with Gasteiger partial charge in [0.2, 0.25) is 23.6 Å². The second kappa shape index (κ2) is 15.8. The number of methoxy groups -OCH3 is 1. The predicted octanol–water partition coefficient (Wildman–Crippen LogP) is 2.68. The van der Waals surface area contributed by atoms with E-state index < -0.39 is 66.1 Å². The lowest BCUT2D eigenvalue weighted by Crippen LogP contribution is -2.57.